The molecule has 1 heterocycles. The summed E-state index contributed by atoms with van der Waals surface area (Å²) in [5, 5.41) is 11.3. The van der Waals surface area contributed by atoms with Crippen molar-refractivity contribution in [3.05, 3.63) is 63.1 Å². The molecule has 0 saturated carbocycles. The van der Waals surface area contributed by atoms with Gasteiger partial charge in [0.05, 0.1) is 20.4 Å². The van der Waals surface area contributed by atoms with E-state index >= 15 is 0 Å². The molecule has 0 atom stereocenters. The number of benzene rings is 2. The molecule has 3 rings (SSSR count). The average molecular weight is 449 g/mol. The van der Waals surface area contributed by atoms with Crippen LogP contribution in [0.3, 0.4) is 0 Å². The van der Waals surface area contributed by atoms with Gasteiger partial charge in [-0.25, -0.2) is 5.10 Å². The first kappa shape index (κ1) is 19.1. The number of ether oxygens (including phenoxy) is 3. The second-order valence-electron chi connectivity index (χ2n) is 5.33. The zero-order valence-corrected chi connectivity index (χ0v) is 17.1. The van der Waals surface area contributed by atoms with Gasteiger partial charge in [-0.2, -0.15) is 14.9 Å². The van der Waals surface area contributed by atoms with Gasteiger partial charge >= 0.3 is 0 Å². The molecule has 0 aliphatic carbocycles. The van der Waals surface area contributed by atoms with E-state index in [9.17, 15) is 0 Å². The number of nitrogens with one attached hydrogen (secondary N) is 1. The third kappa shape index (κ3) is 4.55. The van der Waals surface area contributed by atoms with Crippen molar-refractivity contribution in [2.75, 3.05) is 14.2 Å². The highest BCUT2D eigenvalue weighted by Crippen LogP contribution is 2.33. The first-order valence-corrected chi connectivity index (χ1v) is 9.12. The predicted molar refractivity (Wildman–Crippen MR) is 108 cm³/mol. The van der Waals surface area contributed by atoms with Crippen LogP contribution in [0.4, 0.5) is 0 Å². The Morgan fingerprint density at radius 2 is 2.00 bits per heavy atom. The molecule has 0 saturated heterocycles. The molecular weight excluding hydrogens is 432 g/mol. The van der Waals surface area contributed by atoms with E-state index in [0.29, 0.717) is 22.1 Å². The van der Waals surface area contributed by atoms with Gasteiger partial charge in [-0.05, 0) is 36.5 Å². The first-order chi connectivity index (χ1) is 13.1. The molecule has 1 aromatic heterocycles. The zero-order chi connectivity index (χ0) is 19.2. The minimum Gasteiger partial charge on any atom is -0.493 e. The van der Waals surface area contributed by atoms with E-state index in [0.717, 1.165) is 15.8 Å². The number of aromatic nitrogens is 3. The number of nitrogens with zero attached hydrogens (tertiary/aromatic N) is 3. The van der Waals surface area contributed by atoms with Crippen LogP contribution >= 0.6 is 28.1 Å². The third-order valence-corrected chi connectivity index (χ3v) is 4.34. The second kappa shape index (κ2) is 8.83. The number of hydrogen-bond donors (Lipinski definition) is 1. The van der Waals surface area contributed by atoms with E-state index < -0.39 is 0 Å². The van der Waals surface area contributed by atoms with Crippen molar-refractivity contribution in [1.29, 1.82) is 0 Å². The van der Waals surface area contributed by atoms with Crippen molar-refractivity contribution in [2.24, 2.45) is 5.10 Å². The van der Waals surface area contributed by atoms with E-state index in [4.69, 9.17) is 26.4 Å². The summed E-state index contributed by atoms with van der Waals surface area (Å²) in [5.74, 6) is 2.44. The highest BCUT2D eigenvalue weighted by Gasteiger charge is 2.11. The van der Waals surface area contributed by atoms with E-state index in [1.165, 1.54) is 4.68 Å². The fraction of sp³-hybridized carbons (Fsp3) is 0.167. The lowest BCUT2D eigenvalue weighted by Crippen LogP contribution is -2.04. The lowest BCUT2D eigenvalue weighted by Gasteiger charge is -2.11. The molecule has 3 aromatic rings. The first-order valence-electron chi connectivity index (χ1n) is 7.92. The lowest BCUT2D eigenvalue weighted by atomic mass is 10.2. The summed E-state index contributed by atoms with van der Waals surface area (Å²) in [6, 6.07) is 13.1. The van der Waals surface area contributed by atoms with Crippen LogP contribution < -0.4 is 14.2 Å². The molecular formula is C18H17BrN4O3S. The molecule has 0 radical (unpaired) electrons. The molecule has 0 bridgehead atoms. The molecule has 0 spiro atoms. The van der Waals surface area contributed by atoms with E-state index in [2.05, 4.69) is 31.2 Å². The monoisotopic (exact) mass is 448 g/mol. The summed E-state index contributed by atoms with van der Waals surface area (Å²) < 4.78 is 19.2. The number of methoxy groups -OCH3 is 2. The number of hydrogen-bond acceptors (Lipinski definition) is 6. The van der Waals surface area contributed by atoms with E-state index in [1.807, 2.05) is 42.5 Å². The van der Waals surface area contributed by atoms with Crippen molar-refractivity contribution in [1.82, 2.24) is 14.9 Å². The second-order valence-corrected chi connectivity index (χ2v) is 6.64. The largest absolute Gasteiger partial charge is 0.493 e. The van der Waals surface area contributed by atoms with Gasteiger partial charge in [0.2, 0.25) is 4.77 Å². The number of para-hydroxylation sites is 1. The number of aromatic amines is 1. The highest BCUT2D eigenvalue weighted by molar-refractivity contribution is 9.10. The van der Waals surface area contributed by atoms with Crippen molar-refractivity contribution >= 4 is 34.4 Å². The van der Waals surface area contributed by atoms with E-state index in [-0.39, 0.29) is 6.61 Å². The van der Waals surface area contributed by atoms with Gasteiger partial charge in [0.15, 0.2) is 17.3 Å². The molecule has 0 amide bonds. The van der Waals surface area contributed by atoms with Crippen LogP contribution in [0.5, 0.6) is 17.2 Å². The molecule has 0 aliphatic heterocycles. The van der Waals surface area contributed by atoms with Crippen LogP contribution in [0.25, 0.3) is 0 Å². The quantitative estimate of drug-likeness (QED) is 0.433. The van der Waals surface area contributed by atoms with E-state index in [1.54, 1.807) is 20.4 Å². The van der Waals surface area contributed by atoms with Gasteiger partial charge in [-0.3, -0.25) is 0 Å². The van der Waals surface area contributed by atoms with Crippen molar-refractivity contribution in [3.8, 4) is 17.2 Å². The predicted octanol–water partition coefficient (Wildman–Crippen LogP) is 4.18. The van der Waals surface area contributed by atoms with Gasteiger partial charge in [-0.1, -0.05) is 34.1 Å². The van der Waals surface area contributed by atoms with Gasteiger partial charge in [0.1, 0.15) is 12.4 Å². The molecule has 0 fully saturated rings. The zero-order valence-electron chi connectivity index (χ0n) is 14.7. The van der Waals surface area contributed by atoms with Crippen LogP contribution in [-0.4, -0.2) is 35.3 Å². The number of halogens is 1. The molecule has 2 aromatic carbocycles. The Labute approximate surface area is 169 Å². The standard InChI is InChI=1S/C18H17BrN4O3S/c1-24-15-9-13(19)8-12(17(15)25-2)10-20-23-16(21-22-18(23)27)11-26-14-6-4-3-5-7-14/h3-10H,11H2,1-2H3,(H,22,27)/b20-10-. The Hall–Kier alpha value is -2.65. The third-order valence-electron chi connectivity index (χ3n) is 3.61. The molecule has 9 heteroatoms. The Balaban J connectivity index is 1.87. The maximum atomic E-state index is 5.72. The summed E-state index contributed by atoms with van der Waals surface area (Å²) in [4.78, 5) is 0. The maximum Gasteiger partial charge on any atom is 0.216 e. The Morgan fingerprint density at radius 3 is 2.70 bits per heavy atom. The number of H-pyrrole nitrogens is 1. The Bertz CT molecular complexity index is 1000. The summed E-state index contributed by atoms with van der Waals surface area (Å²) >= 11 is 8.72. The highest BCUT2D eigenvalue weighted by atomic mass is 79.9. The van der Waals surface area contributed by atoms with Crippen LogP contribution in [0, 0.1) is 4.77 Å². The van der Waals surface area contributed by atoms with Crippen LogP contribution in [0.1, 0.15) is 11.4 Å². The normalized spacial score (nSPS) is 10.9. The summed E-state index contributed by atoms with van der Waals surface area (Å²) in [6.07, 6.45) is 1.63. The molecule has 7 nitrogen and oxygen atoms in total. The molecule has 1 N–H and O–H groups in total. The van der Waals surface area contributed by atoms with Crippen molar-refractivity contribution < 1.29 is 14.2 Å². The van der Waals surface area contributed by atoms with Crippen molar-refractivity contribution in [2.45, 2.75) is 6.61 Å². The fourth-order valence-electron chi connectivity index (χ4n) is 2.38. The van der Waals surface area contributed by atoms with Crippen LogP contribution in [-0.2, 0) is 6.61 Å². The smallest absolute Gasteiger partial charge is 0.216 e. The minimum atomic E-state index is 0.216. The molecule has 140 valence electrons. The molecule has 0 aliphatic rings. The average Bonchev–Trinajstić information content (AvgIpc) is 3.04. The van der Waals surface area contributed by atoms with Crippen molar-refractivity contribution in [3.63, 3.8) is 0 Å². The van der Waals surface area contributed by atoms with Gasteiger partial charge < -0.3 is 14.2 Å². The summed E-state index contributed by atoms with van der Waals surface area (Å²) in [7, 11) is 3.15. The van der Waals surface area contributed by atoms with Crippen LogP contribution in [0.2, 0.25) is 0 Å². The molecule has 0 unspecified atom stereocenters. The van der Waals surface area contributed by atoms with Gasteiger partial charge in [-0.15, -0.1) is 0 Å². The van der Waals surface area contributed by atoms with Gasteiger partial charge in [0.25, 0.3) is 0 Å². The molecule has 27 heavy (non-hydrogen) atoms. The van der Waals surface area contributed by atoms with Crippen LogP contribution in [0.15, 0.2) is 52.0 Å². The maximum absolute atomic E-state index is 5.72. The topological polar surface area (TPSA) is 73.7 Å². The lowest BCUT2D eigenvalue weighted by molar-refractivity contribution is 0.290. The fourth-order valence-corrected chi connectivity index (χ4v) is 3.03. The Kier molecular flexibility index (Phi) is 6.25. The number of rotatable bonds is 7. The SMILES string of the molecule is COc1cc(Br)cc(/C=N\n2c(COc3ccccc3)n[nH]c2=S)c1OC. The summed E-state index contributed by atoms with van der Waals surface area (Å²) in [6.45, 7) is 0.216. The Morgan fingerprint density at radius 1 is 1.22 bits per heavy atom. The minimum absolute atomic E-state index is 0.216. The van der Waals surface area contributed by atoms with Gasteiger partial charge in [0, 0.05) is 10.0 Å². The summed E-state index contributed by atoms with van der Waals surface area (Å²) in [5.41, 5.74) is 0.724.